The molecule has 0 bridgehead atoms. The maximum Gasteiger partial charge on any atom is 0.274 e. The number of piperazine rings is 1. The molecule has 2 aromatic heterocycles. The number of halogens is 1. The van der Waals surface area contributed by atoms with Gasteiger partial charge in [0.15, 0.2) is 5.69 Å². The molecule has 1 atom stereocenters. The van der Waals surface area contributed by atoms with Crippen LogP contribution in [0, 0.1) is 5.82 Å². The van der Waals surface area contributed by atoms with Crippen LogP contribution in [0.1, 0.15) is 28.7 Å². The zero-order chi connectivity index (χ0) is 17.4. The lowest BCUT2D eigenvalue weighted by molar-refractivity contribution is 0.0707. The number of pyridine rings is 1. The van der Waals surface area contributed by atoms with E-state index in [2.05, 4.69) is 20.1 Å². The van der Waals surface area contributed by atoms with Crippen molar-refractivity contribution in [3.05, 3.63) is 41.1 Å². The van der Waals surface area contributed by atoms with Crippen LogP contribution < -0.4 is 4.90 Å². The highest BCUT2D eigenvalue weighted by molar-refractivity contribution is 5.94. The predicted octanol–water partition coefficient (Wildman–Crippen LogP) is 1.37. The molecule has 0 spiro atoms. The van der Waals surface area contributed by atoms with Gasteiger partial charge in [0.2, 0.25) is 0 Å². The molecule has 0 aliphatic carbocycles. The summed E-state index contributed by atoms with van der Waals surface area (Å²) in [6.45, 7) is 4.92. The van der Waals surface area contributed by atoms with E-state index in [1.54, 1.807) is 6.07 Å². The third-order valence-corrected chi connectivity index (χ3v) is 4.82. The van der Waals surface area contributed by atoms with Gasteiger partial charge in [-0.25, -0.2) is 9.37 Å². The van der Waals surface area contributed by atoms with E-state index in [-0.39, 0.29) is 17.8 Å². The number of amides is 1. The van der Waals surface area contributed by atoms with Gasteiger partial charge in [0.05, 0.1) is 19.4 Å². The largest absolute Gasteiger partial charge is 0.376 e. The van der Waals surface area contributed by atoms with E-state index in [0.717, 1.165) is 23.5 Å². The van der Waals surface area contributed by atoms with Crippen LogP contribution in [0.2, 0.25) is 0 Å². The Hall–Kier alpha value is -2.48. The second-order valence-corrected chi connectivity index (χ2v) is 6.46. The standard InChI is InChI=1S/C17H20FN5O2/c1-11-9-22(5-6-23(11)15-3-2-12(18)8-19-15)17(24)16-13-10-25-7-4-14(13)20-21-16/h2-3,8,11H,4-7,9-10H2,1H3,(H,20,21). The van der Waals surface area contributed by atoms with Gasteiger partial charge in [0.25, 0.3) is 5.91 Å². The molecule has 2 aliphatic rings. The van der Waals surface area contributed by atoms with Crippen molar-refractivity contribution in [1.29, 1.82) is 0 Å². The maximum absolute atomic E-state index is 13.1. The summed E-state index contributed by atoms with van der Waals surface area (Å²) in [5, 5.41) is 7.18. The van der Waals surface area contributed by atoms with Gasteiger partial charge in [-0.3, -0.25) is 9.89 Å². The minimum Gasteiger partial charge on any atom is -0.376 e. The van der Waals surface area contributed by atoms with E-state index in [9.17, 15) is 9.18 Å². The average Bonchev–Trinajstić information content (AvgIpc) is 3.06. The van der Waals surface area contributed by atoms with Crippen molar-refractivity contribution in [3.63, 3.8) is 0 Å². The van der Waals surface area contributed by atoms with Gasteiger partial charge < -0.3 is 14.5 Å². The second-order valence-electron chi connectivity index (χ2n) is 6.46. The van der Waals surface area contributed by atoms with E-state index in [4.69, 9.17) is 4.74 Å². The van der Waals surface area contributed by atoms with Crippen molar-refractivity contribution < 1.29 is 13.9 Å². The topological polar surface area (TPSA) is 74.3 Å². The number of hydrogen-bond acceptors (Lipinski definition) is 5. The Bertz CT molecular complexity index is 776. The molecule has 1 N–H and O–H groups in total. The SMILES string of the molecule is CC1CN(C(=O)c2n[nH]c3c2COCC3)CCN1c1ccc(F)cn1. The Morgan fingerprint density at radius 2 is 2.28 bits per heavy atom. The van der Waals surface area contributed by atoms with Gasteiger partial charge in [-0.1, -0.05) is 0 Å². The van der Waals surface area contributed by atoms with Crippen LogP contribution in [0.3, 0.4) is 0 Å². The van der Waals surface area contributed by atoms with Gasteiger partial charge in [0, 0.05) is 43.4 Å². The zero-order valence-corrected chi connectivity index (χ0v) is 14.0. The lowest BCUT2D eigenvalue weighted by atomic mass is 10.1. The number of carbonyl (C=O) groups is 1. The number of aromatic nitrogens is 3. The molecule has 1 unspecified atom stereocenters. The molecule has 2 aliphatic heterocycles. The maximum atomic E-state index is 13.1. The minimum atomic E-state index is -0.351. The summed E-state index contributed by atoms with van der Waals surface area (Å²) in [5.74, 6) is 0.309. The van der Waals surface area contributed by atoms with Crippen LogP contribution in [0.15, 0.2) is 18.3 Å². The molecular formula is C17H20FN5O2. The predicted molar refractivity (Wildman–Crippen MR) is 88.9 cm³/mol. The average molecular weight is 345 g/mol. The van der Waals surface area contributed by atoms with Crippen LogP contribution in [-0.4, -0.2) is 58.3 Å². The van der Waals surface area contributed by atoms with E-state index in [1.807, 2.05) is 11.8 Å². The Kier molecular flexibility index (Phi) is 4.12. The van der Waals surface area contributed by atoms with Crippen molar-refractivity contribution in [2.75, 3.05) is 31.1 Å². The molecule has 1 amide bonds. The molecule has 1 fully saturated rings. The number of carbonyl (C=O) groups excluding carboxylic acids is 1. The Morgan fingerprint density at radius 1 is 1.40 bits per heavy atom. The first-order valence-corrected chi connectivity index (χ1v) is 8.45. The lowest BCUT2D eigenvalue weighted by Crippen LogP contribution is -2.54. The van der Waals surface area contributed by atoms with Crippen LogP contribution >= 0.6 is 0 Å². The fourth-order valence-corrected chi connectivity index (χ4v) is 3.46. The number of anilines is 1. The fraction of sp³-hybridized carbons (Fsp3) is 0.471. The molecule has 2 aromatic rings. The summed E-state index contributed by atoms with van der Waals surface area (Å²) >= 11 is 0. The minimum absolute atomic E-state index is 0.0680. The molecule has 7 nitrogen and oxygen atoms in total. The van der Waals surface area contributed by atoms with Crippen molar-refractivity contribution >= 4 is 11.7 Å². The fourth-order valence-electron chi connectivity index (χ4n) is 3.46. The highest BCUT2D eigenvalue weighted by Gasteiger charge is 2.31. The van der Waals surface area contributed by atoms with Crippen molar-refractivity contribution in [2.45, 2.75) is 26.0 Å². The molecule has 132 valence electrons. The van der Waals surface area contributed by atoms with Gasteiger partial charge in [0.1, 0.15) is 11.6 Å². The zero-order valence-electron chi connectivity index (χ0n) is 14.0. The monoisotopic (exact) mass is 345 g/mol. The molecule has 0 saturated carbocycles. The highest BCUT2D eigenvalue weighted by Crippen LogP contribution is 2.23. The van der Waals surface area contributed by atoms with Crippen molar-refractivity contribution in [3.8, 4) is 0 Å². The first-order valence-electron chi connectivity index (χ1n) is 8.45. The quantitative estimate of drug-likeness (QED) is 0.890. The summed E-state index contributed by atoms with van der Waals surface area (Å²) in [6, 6.07) is 3.16. The van der Waals surface area contributed by atoms with Gasteiger partial charge >= 0.3 is 0 Å². The Balaban J connectivity index is 1.48. The number of hydrogen-bond donors (Lipinski definition) is 1. The second kappa shape index (κ2) is 6.44. The third kappa shape index (κ3) is 2.97. The first-order chi connectivity index (χ1) is 12.1. The number of H-pyrrole nitrogens is 1. The molecule has 25 heavy (non-hydrogen) atoms. The molecule has 4 rings (SSSR count). The molecule has 0 radical (unpaired) electrons. The van der Waals surface area contributed by atoms with E-state index < -0.39 is 0 Å². The molecule has 4 heterocycles. The molecule has 1 saturated heterocycles. The molecular weight excluding hydrogens is 325 g/mol. The van der Waals surface area contributed by atoms with E-state index >= 15 is 0 Å². The van der Waals surface area contributed by atoms with Crippen molar-refractivity contribution in [1.82, 2.24) is 20.1 Å². The van der Waals surface area contributed by atoms with Crippen molar-refractivity contribution in [2.24, 2.45) is 0 Å². The number of ether oxygens (including phenoxy) is 1. The first kappa shape index (κ1) is 16.0. The normalized spacial score (nSPS) is 20.5. The van der Waals surface area contributed by atoms with Crippen LogP contribution in [-0.2, 0) is 17.8 Å². The molecule has 0 aromatic carbocycles. The van der Waals surface area contributed by atoms with Gasteiger partial charge in [-0.05, 0) is 19.1 Å². The van der Waals surface area contributed by atoms with E-state index in [1.165, 1.54) is 12.3 Å². The Morgan fingerprint density at radius 3 is 3.04 bits per heavy atom. The Labute approximate surface area is 144 Å². The third-order valence-electron chi connectivity index (χ3n) is 4.82. The number of fused-ring (bicyclic) bond motifs is 1. The number of nitrogens with one attached hydrogen (secondary N) is 1. The lowest BCUT2D eigenvalue weighted by Gasteiger charge is -2.40. The summed E-state index contributed by atoms with van der Waals surface area (Å²) < 4.78 is 18.5. The summed E-state index contributed by atoms with van der Waals surface area (Å²) in [5.41, 5.74) is 2.35. The summed E-state index contributed by atoms with van der Waals surface area (Å²) in [7, 11) is 0. The molecule has 8 heteroatoms. The highest BCUT2D eigenvalue weighted by atomic mass is 19.1. The van der Waals surface area contributed by atoms with Gasteiger partial charge in [-0.15, -0.1) is 0 Å². The van der Waals surface area contributed by atoms with Crippen LogP contribution in [0.5, 0.6) is 0 Å². The summed E-state index contributed by atoms with van der Waals surface area (Å²) in [6.07, 6.45) is 1.98. The van der Waals surface area contributed by atoms with Crippen LogP contribution in [0.4, 0.5) is 10.2 Å². The summed E-state index contributed by atoms with van der Waals surface area (Å²) in [4.78, 5) is 20.9. The smallest absolute Gasteiger partial charge is 0.274 e. The number of aromatic amines is 1. The number of nitrogens with zero attached hydrogens (tertiary/aromatic N) is 4. The van der Waals surface area contributed by atoms with Gasteiger partial charge in [-0.2, -0.15) is 5.10 Å². The van der Waals surface area contributed by atoms with Crippen LogP contribution in [0.25, 0.3) is 0 Å². The number of rotatable bonds is 2. The van der Waals surface area contributed by atoms with E-state index in [0.29, 0.717) is 38.5 Å².